The van der Waals surface area contributed by atoms with Crippen LogP contribution in [0, 0.1) is 5.41 Å². The minimum absolute atomic E-state index is 0.142. The van der Waals surface area contributed by atoms with Crippen molar-refractivity contribution in [2.75, 3.05) is 30.7 Å². The first-order valence-corrected chi connectivity index (χ1v) is 8.88. The molecule has 2 rings (SSSR count). The number of piperidine rings is 1. The summed E-state index contributed by atoms with van der Waals surface area (Å²) in [6, 6.07) is 7.07. The van der Waals surface area contributed by atoms with Crippen molar-refractivity contribution in [2.45, 2.75) is 31.6 Å². The van der Waals surface area contributed by atoms with Gasteiger partial charge in [0.1, 0.15) is 0 Å². The predicted molar refractivity (Wildman–Crippen MR) is 82.9 cm³/mol. The second kappa shape index (κ2) is 6.14. The van der Waals surface area contributed by atoms with E-state index in [9.17, 15) is 8.42 Å². The van der Waals surface area contributed by atoms with Gasteiger partial charge in [-0.15, -0.1) is 0 Å². The van der Waals surface area contributed by atoms with E-state index in [1.54, 1.807) is 19.1 Å². The van der Waals surface area contributed by atoms with Gasteiger partial charge in [0, 0.05) is 18.8 Å². The average Bonchev–Trinajstić information content (AvgIpc) is 2.46. The third-order valence-electron chi connectivity index (χ3n) is 4.00. The molecule has 1 aliphatic heterocycles. The lowest BCUT2D eigenvalue weighted by atomic mass is 9.83. The molecule has 0 aliphatic carbocycles. The van der Waals surface area contributed by atoms with Gasteiger partial charge in [0.05, 0.1) is 10.6 Å². The van der Waals surface area contributed by atoms with E-state index < -0.39 is 9.84 Å². The van der Waals surface area contributed by atoms with E-state index in [1.165, 1.54) is 12.8 Å². The molecule has 0 amide bonds. The van der Waals surface area contributed by atoms with Crippen LogP contribution in [-0.2, 0) is 9.84 Å². The highest BCUT2D eigenvalue weighted by atomic mass is 32.2. The lowest BCUT2D eigenvalue weighted by Crippen LogP contribution is -2.42. The molecule has 5 heteroatoms. The minimum Gasteiger partial charge on any atom is -0.384 e. The second-order valence-corrected chi connectivity index (χ2v) is 8.15. The highest BCUT2D eigenvalue weighted by Gasteiger charge is 2.26. The van der Waals surface area contributed by atoms with Crippen LogP contribution in [0.2, 0.25) is 0 Å². The van der Waals surface area contributed by atoms with Crippen molar-refractivity contribution >= 4 is 15.5 Å². The third kappa shape index (κ3) is 3.73. The molecule has 1 fully saturated rings. The van der Waals surface area contributed by atoms with E-state index in [4.69, 9.17) is 0 Å². The van der Waals surface area contributed by atoms with Gasteiger partial charge < -0.3 is 10.6 Å². The zero-order chi connectivity index (χ0) is 14.6. The van der Waals surface area contributed by atoms with Gasteiger partial charge in [-0.1, -0.05) is 13.8 Å². The van der Waals surface area contributed by atoms with E-state index in [1.807, 2.05) is 12.1 Å². The molecule has 4 nitrogen and oxygen atoms in total. The van der Waals surface area contributed by atoms with Gasteiger partial charge in [0.15, 0.2) is 9.84 Å². The minimum atomic E-state index is -3.10. The highest BCUT2D eigenvalue weighted by Crippen LogP contribution is 2.26. The molecule has 1 heterocycles. The van der Waals surface area contributed by atoms with Crippen molar-refractivity contribution in [2.24, 2.45) is 5.41 Å². The summed E-state index contributed by atoms with van der Waals surface area (Å²) in [4.78, 5) is 0.399. The molecule has 20 heavy (non-hydrogen) atoms. The number of rotatable bonds is 5. The summed E-state index contributed by atoms with van der Waals surface area (Å²) >= 11 is 0. The lowest BCUT2D eigenvalue weighted by Gasteiger charge is -2.34. The summed E-state index contributed by atoms with van der Waals surface area (Å²) in [5, 5.41) is 6.85. The fourth-order valence-corrected chi connectivity index (χ4v) is 3.42. The molecule has 1 saturated heterocycles. The number of hydrogen-bond acceptors (Lipinski definition) is 4. The molecule has 0 spiro atoms. The molecule has 1 unspecified atom stereocenters. The van der Waals surface area contributed by atoms with Gasteiger partial charge in [-0.3, -0.25) is 0 Å². The summed E-state index contributed by atoms with van der Waals surface area (Å²) < 4.78 is 23.5. The number of benzene rings is 1. The number of sulfone groups is 1. The number of hydrogen-bond donors (Lipinski definition) is 2. The van der Waals surface area contributed by atoms with Crippen LogP contribution >= 0.6 is 0 Å². The van der Waals surface area contributed by atoms with E-state index in [-0.39, 0.29) is 11.2 Å². The standard InChI is InChI=1S/C15H24N2O2S/c1-3-20(18,19)14-7-5-13(6-8-14)17-12-15(2)9-4-10-16-11-15/h5-8,16-17H,3-4,9-12H2,1-2H3. The fourth-order valence-electron chi connectivity index (χ4n) is 2.53. The van der Waals surface area contributed by atoms with Crippen molar-refractivity contribution in [1.29, 1.82) is 0 Å². The molecule has 0 bridgehead atoms. The van der Waals surface area contributed by atoms with Crippen molar-refractivity contribution in [3.8, 4) is 0 Å². The van der Waals surface area contributed by atoms with E-state index >= 15 is 0 Å². The first-order chi connectivity index (χ1) is 9.45. The molecule has 1 aliphatic rings. The van der Waals surface area contributed by atoms with Crippen molar-refractivity contribution in [3.63, 3.8) is 0 Å². The van der Waals surface area contributed by atoms with Gasteiger partial charge in [-0.2, -0.15) is 0 Å². The molecule has 1 atom stereocenters. The smallest absolute Gasteiger partial charge is 0.178 e. The Morgan fingerprint density at radius 1 is 1.30 bits per heavy atom. The van der Waals surface area contributed by atoms with Crippen LogP contribution < -0.4 is 10.6 Å². The first kappa shape index (κ1) is 15.3. The summed E-state index contributed by atoms with van der Waals surface area (Å²) in [5.41, 5.74) is 1.25. The van der Waals surface area contributed by atoms with Crippen LogP contribution in [0.15, 0.2) is 29.2 Å². The fraction of sp³-hybridized carbons (Fsp3) is 0.600. The maximum atomic E-state index is 11.7. The largest absolute Gasteiger partial charge is 0.384 e. The normalized spacial score (nSPS) is 23.5. The molecular formula is C15H24N2O2S. The van der Waals surface area contributed by atoms with Crippen LogP contribution in [0.5, 0.6) is 0 Å². The van der Waals surface area contributed by atoms with Crippen LogP contribution in [0.1, 0.15) is 26.7 Å². The number of anilines is 1. The molecule has 1 aromatic carbocycles. The number of nitrogens with one attached hydrogen (secondary N) is 2. The van der Waals surface area contributed by atoms with Gasteiger partial charge in [-0.25, -0.2) is 8.42 Å². The van der Waals surface area contributed by atoms with Crippen LogP contribution in [0.25, 0.3) is 0 Å². The lowest BCUT2D eigenvalue weighted by molar-refractivity contribution is 0.253. The van der Waals surface area contributed by atoms with Crippen LogP contribution in [0.4, 0.5) is 5.69 Å². The Kier molecular flexibility index (Phi) is 4.70. The predicted octanol–water partition coefficient (Wildman–Crippen LogP) is 2.28. The van der Waals surface area contributed by atoms with Crippen LogP contribution in [-0.4, -0.2) is 33.8 Å². The zero-order valence-electron chi connectivity index (χ0n) is 12.3. The van der Waals surface area contributed by atoms with E-state index in [0.717, 1.165) is 25.3 Å². The van der Waals surface area contributed by atoms with Crippen molar-refractivity contribution < 1.29 is 8.42 Å². The van der Waals surface area contributed by atoms with Gasteiger partial charge in [-0.05, 0) is 49.1 Å². The quantitative estimate of drug-likeness (QED) is 0.875. The van der Waals surface area contributed by atoms with Gasteiger partial charge in [0.25, 0.3) is 0 Å². The Bertz CT molecular complexity index is 531. The summed E-state index contributed by atoms with van der Waals surface area (Å²) in [6.45, 7) is 6.99. The van der Waals surface area contributed by atoms with E-state index in [2.05, 4.69) is 17.6 Å². The van der Waals surface area contributed by atoms with Crippen LogP contribution in [0.3, 0.4) is 0 Å². The molecule has 0 aromatic heterocycles. The first-order valence-electron chi connectivity index (χ1n) is 7.23. The maximum absolute atomic E-state index is 11.7. The summed E-state index contributed by atoms with van der Waals surface area (Å²) in [6.07, 6.45) is 2.43. The molecule has 0 radical (unpaired) electrons. The summed E-state index contributed by atoms with van der Waals surface area (Å²) in [5.74, 6) is 0.142. The Morgan fingerprint density at radius 3 is 2.55 bits per heavy atom. The molecule has 2 N–H and O–H groups in total. The van der Waals surface area contributed by atoms with Gasteiger partial charge in [0.2, 0.25) is 0 Å². The molecule has 1 aromatic rings. The highest BCUT2D eigenvalue weighted by molar-refractivity contribution is 7.91. The maximum Gasteiger partial charge on any atom is 0.178 e. The zero-order valence-corrected chi connectivity index (χ0v) is 13.1. The topological polar surface area (TPSA) is 58.2 Å². The summed E-state index contributed by atoms with van der Waals surface area (Å²) in [7, 11) is -3.10. The molecule has 112 valence electrons. The third-order valence-corrected chi connectivity index (χ3v) is 5.75. The Balaban J connectivity index is 1.97. The van der Waals surface area contributed by atoms with Gasteiger partial charge >= 0.3 is 0 Å². The van der Waals surface area contributed by atoms with Crippen molar-refractivity contribution in [3.05, 3.63) is 24.3 Å². The Morgan fingerprint density at radius 2 is 2.00 bits per heavy atom. The Labute approximate surface area is 121 Å². The SMILES string of the molecule is CCS(=O)(=O)c1ccc(NCC2(C)CCCNC2)cc1. The average molecular weight is 296 g/mol. The monoisotopic (exact) mass is 296 g/mol. The Hall–Kier alpha value is -1.07. The van der Waals surface area contributed by atoms with E-state index in [0.29, 0.717) is 4.90 Å². The molecular weight excluding hydrogens is 272 g/mol. The molecule has 0 saturated carbocycles. The van der Waals surface area contributed by atoms with Crippen molar-refractivity contribution in [1.82, 2.24) is 5.32 Å². The second-order valence-electron chi connectivity index (χ2n) is 5.87.